The fourth-order valence-corrected chi connectivity index (χ4v) is 1.39. The predicted octanol–water partition coefficient (Wildman–Crippen LogP) is 3.55. The maximum atomic E-state index is 5.62. The van der Waals surface area contributed by atoms with E-state index in [0.717, 1.165) is 34.4 Å². The average molecular weight is 280 g/mol. The number of rotatable bonds is 7. The fourth-order valence-electron chi connectivity index (χ4n) is 1.39. The second-order valence-electron chi connectivity index (χ2n) is 4.86. The van der Waals surface area contributed by atoms with Crippen molar-refractivity contribution in [1.82, 2.24) is 0 Å². The molecule has 0 aliphatic carbocycles. The van der Waals surface area contributed by atoms with Gasteiger partial charge >= 0.3 is 0 Å². The van der Waals surface area contributed by atoms with E-state index in [1.165, 1.54) is 0 Å². The summed E-state index contributed by atoms with van der Waals surface area (Å²) in [5, 5.41) is 0. The van der Waals surface area contributed by atoms with Crippen LogP contribution >= 0.6 is 0 Å². The molecule has 0 saturated heterocycles. The molecule has 0 radical (unpaired) electrons. The number of likely N-dealkylation sites (N-methyl/N-ethyl adjacent to an activating group) is 1. The highest BCUT2D eigenvalue weighted by molar-refractivity contribution is 5.97. The van der Waals surface area contributed by atoms with E-state index in [-0.39, 0.29) is 6.79 Å². The van der Waals surface area contributed by atoms with Gasteiger partial charge in [0.2, 0.25) is 6.79 Å². The van der Waals surface area contributed by atoms with Crippen molar-refractivity contribution in [1.29, 1.82) is 0 Å². The van der Waals surface area contributed by atoms with E-state index in [4.69, 9.17) is 9.47 Å². The molecule has 0 amide bonds. The molecule has 20 heavy (non-hydrogen) atoms. The molecule has 0 aromatic carbocycles. The highest BCUT2D eigenvalue weighted by atomic mass is 16.7. The molecule has 0 fully saturated rings. The van der Waals surface area contributed by atoms with Gasteiger partial charge in [-0.2, -0.15) is 0 Å². The molecule has 0 aliphatic rings. The number of allylic oxidation sites excluding steroid dienone is 3. The van der Waals surface area contributed by atoms with Crippen molar-refractivity contribution < 1.29 is 14.0 Å². The van der Waals surface area contributed by atoms with Crippen molar-refractivity contribution in [3.63, 3.8) is 0 Å². The molecule has 0 atom stereocenters. The van der Waals surface area contributed by atoms with Crippen molar-refractivity contribution in [2.75, 3.05) is 20.9 Å². The summed E-state index contributed by atoms with van der Waals surface area (Å²) in [6.07, 6.45) is 0. The smallest absolute Gasteiger partial charge is 0.217 e. The van der Waals surface area contributed by atoms with Gasteiger partial charge in [-0.05, 0) is 27.7 Å². The Bertz CT molecular complexity index is 445. The Morgan fingerprint density at radius 3 is 2.05 bits per heavy atom. The van der Waals surface area contributed by atoms with E-state index in [1.54, 1.807) is 7.05 Å². The van der Waals surface area contributed by atoms with Crippen LogP contribution in [0.1, 0.15) is 41.5 Å². The molecule has 0 heterocycles. The molecule has 114 valence electrons. The minimum Gasteiger partial charge on any atom is -0.522 e. The van der Waals surface area contributed by atoms with Gasteiger partial charge in [0.1, 0.15) is 12.8 Å². The van der Waals surface area contributed by atoms with Crippen LogP contribution in [0, 0.1) is 6.04 Å². The van der Waals surface area contributed by atoms with Crippen molar-refractivity contribution >= 4 is 12.4 Å². The van der Waals surface area contributed by atoms with Crippen LogP contribution in [0.3, 0.4) is 0 Å². The highest BCUT2D eigenvalue weighted by Gasteiger charge is 2.07. The Balaban J connectivity index is 4.59. The van der Waals surface area contributed by atoms with Crippen LogP contribution in [0.4, 0.5) is 0 Å². The molecule has 0 bridgehead atoms. The average Bonchev–Trinajstić information content (AvgIpc) is 2.43. The lowest BCUT2D eigenvalue weighted by Gasteiger charge is -2.20. The summed E-state index contributed by atoms with van der Waals surface area (Å²) in [6.45, 7) is 15.9. The first-order chi connectivity index (χ1) is 9.22. The Morgan fingerprint density at radius 1 is 1.10 bits per heavy atom. The predicted molar refractivity (Wildman–Crippen MR) is 85.0 cm³/mol. The van der Waals surface area contributed by atoms with Crippen molar-refractivity contribution in [3.8, 4) is 0 Å². The van der Waals surface area contributed by atoms with E-state index < -0.39 is 0 Å². The van der Waals surface area contributed by atoms with Gasteiger partial charge in [-0.15, -0.1) is 0 Å². The number of hydrogen-bond donors (Lipinski definition) is 0. The number of nitrogens with zero attached hydrogens (tertiary/aromatic N) is 2. The zero-order valence-corrected chi connectivity index (χ0v) is 14.1. The van der Waals surface area contributed by atoms with Crippen LogP contribution < -0.4 is 0 Å². The second kappa shape index (κ2) is 8.46. The minimum absolute atomic E-state index is 0.192. The molecule has 4 nitrogen and oxygen atoms in total. The molecular weight excluding hydrogens is 252 g/mol. The summed E-state index contributed by atoms with van der Waals surface area (Å²) in [5.74, 6) is 1.66. The van der Waals surface area contributed by atoms with Gasteiger partial charge in [-0.25, -0.2) is 0 Å². The molecule has 4 heteroatoms. The van der Waals surface area contributed by atoms with Gasteiger partial charge in [0.15, 0.2) is 0 Å². The third-order valence-electron chi connectivity index (χ3n) is 3.60. The molecule has 0 N–H and O–H groups in total. The lowest BCUT2D eigenvalue weighted by atomic mass is 10.1. The van der Waals surface area contributed by atoms with Gasteiger partial charge in [-0.3, -0.25) is 4.99 Å². The summed E-state index contributed by atoms with van der Waals surface area (Å²) in [4.78, 5) is 4.14. The third kappa shape index (κ3) is 5.51. The number of ether oxygens (including phenoxy) is 2. The van der Waals surface area contributed by atoms with Gasteiger partial charge < -0.3 is 14.0 Å². The van der Waals surface area contributed by atoms with Crippen LogP contribution in [0.25, 0.3) is 0 Å². The largest absolute Gasteiger partial charge is 0.522 e. The van der Waals surface area contributed by atoms with Crippen LogP contribution in [0.5, 0.6) is 0 Å². The zero-order chi connectivity index (χ0) is 15.9. The molecule has 0 aliphatic heterocycles. The van der Waals surface area contributed by atoms with E-state index in [9.17, 15) is 0 Å². The molecule has 0 rings (SSSR count). The SMILES string of the molecule is C=[N+](C)[C-](C)/C(C)=C(/C)OCO/C(C)=C(/C)C(C)=NC. The second-order valence-corrected chi connectivity index (χ2v) is 4.86. The van der Waals surface area contributed by atoms with Gasteiger partial charge in [0, 0.05) is 30.8 Å². The van der Waals surface area contributed by atoms with Crippen LogP contribution in [-0.4, -0.2) is 37.9 Å². The number of aliphatic imine (C=N–C) groups is 1. The standard InChI is InChI=1S/C16H28N2O2/c1-11(13(3)17-7)15(5)19-10-20-16(6)12(2)14(4)18(8)9/h8,10H2,1-7,9H3/b15-11-,16-12-,17-13?. The number of hydrogen-bond acceptors (Lipinski definition) is 3. The van der Waals surface area contributed by atoms with Gasteiger partial charge in [0.25, 0.3) is 0 Å². The lowest BCUT2D eigenvalue weighted by molar-refractivity contribution is -0.465. The molecule has 0 spiro atoms. The summed E-state index contributed by atoms with van der Waals surface area (Å²) in [6, 6.07) is 1.07. The van der Waals surface area contributed by atoms with Crippen molar-refractivity contribution in [2.45, 2.75) is 41.5 Å². The molecule has 0 saturated carbocycles. The molecule has 0 aromatic heterocycles. The lowest BCUT2D eigenvalue weighted by Crippen LogP contribution is -2.12. The Kier molecular flexibility index (Phi) is 7.74. The molecule has 0 aromatic rings. The fraction of sp³-hybridized carbons (Fsp3) is 0.562. The topological polar surface area (TPSA) is 33.8 Å². The van der Waals surface area contributed by atoms with E-state index in [1.807, 2.05) is 53.2 Å². The zero-order valence-electron chi connectivity index (χ0n) is 14.1. The van der Waals surface area contributed by atoms with Gasteiger partial charge in [-0.1, -0.05) is 19.4 Å². The maximum absolute atomic E-state index is 5.62. The Labute approximate surface area is 123 Å². The summed E-state index contributed by atoms with van der Waals surface area (Å²) in [5.41, 5.74) is 3.07. The maximum Gasteiger partial charge on any atom is 0.217 e. The van der Waals surface area contributed by atoms with E-state index in [0.29, 0.717) is 0 Å². The first-order valence-corrected chi connectivity index (χ1v) is 6.64. The molecule has 0 unspecified atom stereocenters. The summed E-state index contributed by atoms with van der Waals surface area (Å²) in [7, 11) is 3.68. The highest BCUT2D eigenvalue weighted by Crippen LogP contribution is 2.17. The summed E-state index contributed by atoms with van der Waals surface area (Å²) >= 11 is 0. The van der Waals surface area contributed by atoms with Crippen LogP contribution in [0.15, 0.2) is 27.7 Å². The monoisotopic (exact) mass is 280 g/mol. The third-order valence-corrected chi connectivity index (χ3v) is 3.60. The van der Waals surface area contributed by atoms with Gasteiger partial charge in [0.05, 0.1) is 6.04 Å². The van der Waals surface area contributed by atoms with E-state index in [2.05, 4.69) is 11.7 Å². The first kappa shape index (κ1) is 18.3. The van der Waals surface area contributed by atoms with Crippen molar-refractivity contribution in [3.05, 3.63) is 28.7 Å². The Hall–Kier alpha value is -1.71. The van der Waals surface area contributed by atoms with Crippen molar-refractivity contribution in [2.24, 2.45) is 4.99 Å². The normalized spacial score (nSPS) is 14.3. The van der Waals surface area contributed by atoms with Crippen LogP contribution in [-0.2, 0) is 9.47 Å². The quantitative estimate of drug-likeness (QED) is 0.235. The Morgan fingerprint density at radius 2 is 1.60 bits per heavy atom. The summed E-state index contributed by atoms with van der Waals surface area (Å²) < 4.78 is 13.0. The van der Waals surface area contributed by atoms with E-state index >= 15 is 0 Å². The first-order valence-electron chi connectivity index (χ1n) is 6.64. The van der Waals surface area contributed by atoms with Crippen LogP contribution in [0.2, 0.25) is 0 Å². The molecular formula is C16H28N2O2. The minimum atomic E-state index is 0.192.